The van der Waals surface area contributed by atoms with Gasteiger partial charge in [-0.1, -0.05) is 19.3 Å². The quantitative estimate of drug-likeness (QED) is 0.605. The Balaban J connectivity index is 1.41. The molecule has 2 fully saturated rings. The van der Waals surface area contributed by atoms with Gasteiger partial charge in [0.15, 0.2) is 0 Å². The number of hydrogen-bond acceptors (Lipinski definition) is 5. The van der Waals surface area contributed by atoms with Crippen molar-refractivity contribution in [3.05, 3.63) is 24.0 Å². The third kappa shape index (κ3) is 6.25. The maximum atomic E-state index is 12.3. The lowest BCUT2D eigenvalue weighted by Gasteiger charge is -2.20. The van der Waals surface area contributed by atoms with E-state index in [2.05, 4.69) is 20.9 Å². The number of anilines is 1. The molecule has 1 saturated carbocycles. The monoisotopic (exact) mass is 402 g/mol. The Morgan fingerprint density at radius 3 is 2.52 bits per heavy atom. The molecule has 0 radical (unpaired) electrons. The molecule has 1 aromatic heterocycles. The smallest absolute Gasteiger partial charge is 0.270 e. The SMILES string of the molecule is C[C@@H]1CCC(C(=O)Nc2ccnc(C(=O)NCCNC(=O)C3CCCCC3)c2)O1. The number of aromatic nitrogens is 1. The van der Waals surface area contributed by atoms with Crippen molar-refractivity contribution in [2.75, 3.05) is 18.4 Å². The third-order valence-electron chi connectivity index (χ3n) is 5.47. The van der Waals surface area contributed by atoms with E-state index in [4.69, 9.17) is 4.74 Å². The van der Waals surface area contributed by atoms with Crippen LogP contribution in [-0.4, -0.2) is 48.0 Å². The molecule has 3 amide bonds. The molecule has 8 nitrogen and oxygen atoms in total. The molecule has 1 aliphatic carbocycles. The lowest BCUT2D eigenvalue weighted by molar-refractivity contribution is -0.126. The van der Waals surface area contributed by atoms with Crippen LogP contribution in [0.4, 0.5) is 5.69 Å². The van der Waals surface area contributed by atoms with Gasteiger partial charge in [0.25, 0.3) is 11.8 Å². The van der Waals surface area contributed by atoms with Crippen molar-refractivity contribution < 1.29 is 19.1 Å². The van der Waals surface area contributed by atoms with Gasteiger partial charge in [0.1, 0.15) is 11.8 Å². The van der Waals surface area contributed by atoms with E-state index in [0.29, 0.717) is 25.2 Å². The van der Waals surface area contributed by atoms with Crippen molar-refractivity contribution >= 4 is 23.4 Å². The number of rotatable bonds is 7. The highest BCUT2D eigenvalue weighted by atomic mass is 16.5. The summed E-state index contributed by atoms with van der Waals surface area (Å²) in [5, 5.41) is 8.41. The summed E-state index contributed by atoms with van der Waals surface area (Å²) in [7, 11) is 0. The van der Waals surface area contributed by atoms with Gasteiger partial charge in [-0.25, -0.2) is 0 Å². The van der Waals surface area contributed by atoms with E-state index in [1.807, 2.05) is 6.92 Å². The van der Waals surface area contributed by atoms with Gasteiger partial charge >= 0.3 is 0 Å². The molecule has 158 valence electrons. The number of nitrogens with zero attached hydrogens (tertiary/aromatic N) is 1. The predicted octanol–water partition coefficient (Wildman–Crippen LogP) is 2.01. The number of amides is 3. The zero-order valence-electron chi connectivity index (χ0n) is 16.9. The maximum absolute atomic E-state index is 12.3. The third-order valence-corrected chi connectivity index (χ3v) is 5.47. The Morgan fingerprint density at radius 2 is 1.79 bits per heavy atom. The molecular weight excluding hydrogens is 372 g/mol. The summed E-state index contributed by atoms with van der Waals surface area (Å²) in [5.41, 5.74) is 0.714. The number of pyridine rings is 1. The van der Waals surface area contributed by atoms with E-state index in [1.165, 1.54) is 18.7 Å². The Hall–Kier alpha value is -2.48. The van der Waals surface area contributed by atoms with Crippen molar-refractivity contribution in [2.45, 2.75) is 64.1 Å². The molecule has 0 bridgehead atoms. The Bertz CT molecular complexity index is 733. The molecule has 2 heterocycles. The molecule has 3 rings (SSSR count). The van der Waals surface area contributed by atoms with Crippen LogP contribution in [0.1, 0.15) is 62.4 Å². The summed E-state index contributed by atoms with van der Waals surface area (Å²) in [4.78, 5) is 40.7. The van der Waals surface area contributed by atoms with Gasteiger partial charge in [-0.2, -0.15) is 0 Å². The van der Waals surface area contributed by atoms with Gasteiger partial charge < -0.3 is 20.7 Å². The molecule has 1 aliphatic heterocycles. The van der Waals surface area contributed by atoms with E-state index >= 15 is 0 Å². The fraction of sp³-hybridized carbons (Fsp3) is 0.619. The minimum Gasteiger partial charge on any atom is -0.365 e. The van der Waals surface area contributed by atoms with E-state index in [9.17, 15) is 14.4 Å². The summed E-state index contributed by atoms with van der Waals surface area (Å²) in [6.07, 6.45) is 7.99. The molecule has 2 atom stereocenters. The lowest BCUT2D eigenvalue weighted by Crippen LogP contribution is -2.38. The minimum atomic E-state index is -0.455. The molecule has 29 heavy (non-hydrogen) atoms. The van der Waals surface area contributed by atoms with Crippen LogP contribution in [0.15, 0.2) is 18.3 Å². The van der Waals surface area contributed by atoms with Crippen LogP contribution in [0, 0.1) is 5.92 Å². The van der Waals surface area contributed by atoms with Gasteiger partial charge in [-0.3, -0.25) is 19.4 Å². The highest BCUT2D eigenvalue weighted by Gasteiger charge is 2.28. The number of carbonyl (C=O) groups is 3. The van der Waals surface area contributed by atoms with Crippen molar-refractivity contribution in [1.82, 2.24) is 15.6 Å². The summed E-state index contributed by atoms with van der Waals surface area (Å²) in [6.45, 7) is 2.65. The van der Waals surface area contributed by atoms with Gasteiger partial charge in [0.2, 0.25) is 5.91 Å². The average molecular weight is 402 g/mol. The Kier molecular flexibility index (Phi) is 7.57. The van der Waals surface area contributed by atoms with Gasteiger partial charge in [-0.15, -0.1) is 0 Å². The maximum Gasteiger partial charge on any atom is 0.270 e. The lowest BCUT2D eigenvalue weighted by atomic mass is 9.89. The zero-order chi connectivity index (χ0) is 20.6. The van der Waals surface area contributed by atoms with Crippen LogP contribution in [0.25, 0.3) is 0 Å². The first-order valence-corrected chi connectivity index (χ1v) is 10.5. The summed E-state index contributed by atoms with van der Waals surface area (Å²) >= 11 is 0. The number of carbonyl (C=O) groups excluding carboxylic acids is 3. The van der Waals surface area contributed by atoms with E-state index in [1.54, 1.807) is 6.07 Å². The number of nitrogens with one attached hydrogen (secondary N) is 3. The number of hydrogen-bond donors (Lipinski definition) is 3. The molecule has 1 saturated heterocycles. The predicted molar refractivity (Wildman–Crippen MR) is 108 cm³/mol. The van der Waals surface area contributed by atoms with Gasteiger partial charge in [0.05, 0.1) is 6.10 Å². The molecule has 1 unspecified atom stereocenters. The topological polar surface area (TPSA) is 109 Å². The van der Waals surface area contributed by atoms with Crippen molar-refractivity contribution in [3.63, 3.8) is 0 Å². The Labute approximate surface area is 171 Å². The summed E-state index contributed by atoms with van der Waals surface area (Å²) in [6, 6.07) is 3.17. The average Bonchev–Trinajstić information content (AvgIpc) is 3.18. The second-order valence-electron chi connectivity index (χ2n) is 7.81. The molecule has 0 aromatic carbocycles. The van der Waals surface area contributed by atoms with E-state index < -0.39 is 6.10 Å². The Morgan fingerprint density at radius 1 is 1.03 bits per heavy atom. The van der Waals surface area contributed by atoms with Crippen molar-refractivity contribution in [2.24, 2.45) is 5.92 Å². The van der Waals surface area contributed by atoms with Crippen LogP contribution < -0.4 is 16.0 Å². The molecule has 0 spiro atoms. The minimum absolute atomic E-state index is 0.0743. The van der Waals surface area contributed by atoms with Crippen LogP contribution in [0.2, 0.25) is 0 Å². The van der Waals surface area contributed by atoms with Crippen LogP contribution in [-0.2, 0) is 14.3 Å². The normalized spacial score (nSPS) is 22.1. The largest absolute Gasteiger partial charge is 0.365 e. The summed E-state index contributed by atoms with van der Waals surface area (Å²) < 4.78 is 5.56. The standard InChI is InChI=1S/C21H30N4O4/c1-14-7-8-18(29-14)21(28)25-16-9-10-22-17(13-16)20(27)24-12-11-23-19(26)15-5-3-2-4-6-15/h9-10,13-15,18H,2-8,11-12H2,1H3,(H,23,26)(H,24,27)(H,22,25,28)/t14-,18?/m1/s1. The first-order chi connectivity index (χ1) is 14.0. The van der Waals surface area contributed by atoms with Gasteiger partial charge in [-0.05, 0) is 44.7 Å². The van der Waals surface area contributed by atoms with Crippen molar-refractivity contribution in [3.8, 4) is 0 Å². The number of ether oxygens (including phenoxy) is 1. The van der Waals surface area contributed by atoms with E-state index in [-0.39, 0.29) is 35.4 Å². The molecule has 8 heteroatoms. The van der Waals surface area contributed by atoms with E-state index in [0.717, 1.165) is 32.1 Å². The highest BCUT2D eigenvalue weighted by Crippen LogP contribution is 2.23. The molecule has 3 N–H and O–H groups in total. The van der Waals surface area contributed by atoms with Crippen LogP contribution >= 0.6 is 0 Å². The van der Waals surface area contributed by atoms with Crippen LogP contribution in [0.3, 0.4) is 0 Å². The molecular formula is C21H30N4O4. The summed E-state index contributed by atoms with van der Waals surface area (Å²) in [5.74, 6) is -0.380. The highest BCUT2D eigenvalue weighted by molar-refractivity contribution is 5.97. The second-order valence-corrected chi connectivity index (χ2v) is 7.81. The van der Waals surface area contributed by atoms with Crippen LogP contribution in [0.5, 0.6) is 0 Å². The fourth-order valence-corrected chi connectivity index (χ4v) is 3.81. The van der Waals surface area contributed by atoms with Gasteiger partial charge in [0, 0.05) is 30.9 Å². The fourth-order valence-electron chi connectivity index (χ4n) is 3.81. The second kappa shape index (κ2) is 10.3. The molecule has 2 aliphatic rings. The first-order valence-electron chi connectivity index (χ1n) is 10.5. The zero-order valence-corrected chi connectivity index (χ0v) is 16.9. The van der Waals surface area contributed by atoms with Crippen molar-refractivity contribution in [1.29, 1.82) is 0 Å². The molecule has 1 aromatic rings. The first kappa shape index (κ1) is 21.2.